The molecule has 0 radical (unpaired) electrons. The van der Waals surface area contributed by atoms with Crippen LogP contribution in [0.15, 0.2) is 65.2 Å². The van der Waals surface area contributed by atoms with Gasteiger partial charge in [-0.3, -0.25) is 9.59 Å². The molecule has 4 aromatic rings. The fraction of sp³-hybridized carbons (Fsp3) is 0.154. The van der Waals surface area contributed by atoms with Gasteiger partial charge in [0.1, 0.15) is 5.82 Å². The molecule has 3 aromatic carbocycles. The quantitative estimate of drug-likeness (QED) is 0.402. The maximum absolute atomic E-state index is 14.5. The number of benzene rings is 3. The molecule has 0 aliphatic carbocycles. The normalized spacial score (nSPS) is 10.8. The Morgan fingerprint density at radius 3 is 2.41 bits per heavy atom. The molecule has 0 aliphatic heterocycles. The number of carboxylic acids is 1. The van der Waals surface area contributed by atoms with Crippen LogP contribution in [-0.4, -0.2) is 33.7 Å². The SMILES string of the molecule is Cc1ccccc1-c1ccc(-c2nc(-c3ccc(C(=O)NCCC(=O)O)c(F)c3)no2)cc1C. The van der Waals surface area contributed by atoms with Crippen LogP contribution >= 0.6 is 0 Å². The van der Waals surface area contributed by atoms with Gasteiger partial charge in [0.2, 0.25) is 5.82 Å². The zero-order valence-electron chi connectivity index (χ0n) is 18.6. The molecule has 0 fully saturated rings. The fourth-order valence-corrected chi connectivity index (χ4v) is 3.65. The number of hydrogen-bond acceptors (Lipinski definition) is 5. The average molecular weight is 459 g/mol. The van der Waals surface area contributed by atoms with E-state index in [1.807, 2.05) is 37.3 Å². The summed E-state index contributed by atoms with van der Waals surface area (Å²) in [5, 5.41) is 15.0. The molecule has 0 saturated carbocycles. The van der Waals surface area contributed by atoms with Crippen LogP contribution in [0.5, 0.6) is 0 Å². The lowest BCUT2D eigenvalue weighted by molar-refractivity contribution is -0.136. The van der Waals surface area contributed by atoms with Crippen molar-refractivity contribution in [3.05, 3.63) is 83.2 Å². The molecule has 0 unspecified atom stereocenters. The molecule has 1 amide bonds. The van der Waals surface area contributed by atoms with E-state index >= 15 is 0 Å². The minimum absolute atomic E-state index is 0.0917. The number of carbonyl (C=O) groups excluding carboxylic acids is 1. The summed E-state index contributed by atoms with van der Waals surface area (Å²) in [4.78, 5) is 27.0. The molecule has 0 bridgehead atoms. The van der Waals surface area contributed by atoms with Gasteiger partial charge in [0.25, 0.3) is 11.8 Å². The van der Waals surface area contributed by atoms with Gasteiger partial charge in [-0.1, -0.05) is 41.6 Å². The summed E-state index contributed by atoms with van der Waals surface area (Å²) in [6, 6.07) is 18.0. The monoisotopic (exact) mass is 459 g/mol. The fourth-order valence-electron chi connectivity index (χ4n) is 3.65. The third-order valence-electron chi connectivity index (χ3n) is 5.43. The van der Waals surface area contributed by atoms with Crippen molar-refractivity contribution < 1.29 is 23.6 Å². The van der Waals surface area contributed by atoms with Gasteiger partial charge in [-0.25, -0.2) is 4.39 Å². The largest absolute Gasteiger partial charge is 0.481 e. The summed E-state index contributed by atoms with van der Waals surface area (Å²) in [5.41, 5.74) is 5.39. The Bertz CT molecular complexity index is 1380. The number of rotatable bonds is 7. The number of aromatic nitrogens is 2. The zero-order chi connectivity index (χ0) is 24.2. The molecule has 2 N–H and O–H groups in total. The maximum atomic E-state index is 14.5. The molecular formula is C26H22FN3O4. The molecule has 0 aliphatic rings. The minimum atomic E-state index is -1.05. The third kappa shape index (κ3) is 4.85. The Balaban J connectivity index is 1.54. The lowest BCUT2D eigenvalue weighted by Gasteiger charge is -2.10. The van der Waals surface area contributed by atoms with Gasteiger partial charge in [-0.15, -0.1) is 0 Å². The smallest absolute Gasteiger partial charge is 0.305 e. The van der Waals surface area contributed by atoms with Crippen LogP contribution in [-0.2, 0) is 4.79 Å². The van der Waals surface area contributed by atoms with Gasteiger partial charge in [0, 0.05) is 17.7 Å². The van der Waals surface area contributed by atoms with E-state index in [1.54, 1.807) is 0 Å². The highest BCUT2D eigenvalue weighted by atomic mass is 19.1. The number of nitrogens with one attached hydrogen (secondary N) is 1. The minimum Gasteiger partial charge on any atom is -0.481 e. The van der Waals surface area contributed by atoms with E-state index in [1.165, 1.54) is 17.7 Å². The predicted molar refractivity (Wildman–Crippen MR) is 125 cm³/mol. The maximum Gasteiger partial charge on any atom is 0.305 e. The van der Waals surface area contributed by atoms with E-state index in [2.05, 4.69) is 34.5 Å². The number of halogens is 1. The van der Waals surface area contributed by atoms with Crippen molar-refractivity contribution in [1.82, 2.24) is 15.5 Å². The number of nitrogens with zero attached hydrogens (tertiary/aromatic N) is 2. The Labute approximate surface area is 195 Å². The first-order valence-electron chi connectivity index (χ1n) is 10.6. The van der Waals surface area contributed by atoms with E-state index < -0.39 is 17.7 Å². The van der Waals surface area contributed by atoms with Crippen LogP contribution in [0.25, 0.3) is 34.0 Å². The van der Waals surface area contributed by atoms with E-state index in [9.17, 15) is 14.0 Å². The number of amides is 1. The molecule has 1 heterocycles. The van der Waals surface area contributed by atoms with Gasteiger partial charge in [-0.05, 0) is 60.4 Å². The standard InChI is InChI=1S/C26H22FN3O4/c1-15-5-3-4-6-19(15)20-9-8-18(13-16(20)2)26-29-24(30-34-26)17-7-10-21(22(27)14-17)25(33)28-12-11-23(31)32/h3-10,13-14H,11-12H2,1-2H3,(H,28,33)(H,31,32). The summed E-state index contributed by atoms with van der Waals surface area (Å²) in [5.74, 6) is -2.03. The second-order valence-corrected chi connectivity index (χ2v) is 7.86. The molecule has 0 atom stereocenters. The second-order valence-electron chi connectivity index (χ2n) is 7.86. The number of carboxylic acid groups (broad SMARTS) is 1. The Morgan fingerprint density at radius 1 is 0.971 bits per heavy atom. The van der Waals surface area contributed by atoms with Crippen LogP contribution < -0.4 is 5.32 Å². The van der Waals surface area contributed by atoms with Crippen molar-refractivity contribution in [2.45, 2.75) is 20.3 Å². The average Bonchev–Trinajstić information content (AvgIpc) is 3.29. The number of aliphatic carboxylic acids is 1. The lowest BCUT2D eigenvalue weighted by Crippen LogP contribution is -2.26. The van der Waals surface area contributed by atoms with Gasteiger partial charge < -0.3 is 14.9 Å². The van der Waals surface area contributed by atoms with Gasteiger partial charge in [0.05, 0.1) is 12.0 Å². The van der Waals surface area contributed by atoms with Crippen molar-refractivity contribution in [3.63, 3.8) is 0 Å². The molecule has 34 heavy (non-hydrogen) atoms. The van der Waals surface area contributed by atoms with Gasteiger partial charge >= 0.3 is 5.97 Å². The van der Waals surface area contributed by atoms with Crippen LogP contribution in [0.3, 0.4) is 0 Å². The molecule has 0 saturated heterocycles. The number of hydrogen-bond donors (Lipinski definition) is 2. The second kappa shape index (κ2) is 9.66. The summed E-state index contributed by atoms with van der Waals surface area (Å²) in [6.07, 6.45) is -0.248. The number of aryl methyl sites for hydroxylation is 2. The summed E-state index contributed by atoms with van der Waals surface area (Å²) in [6.45, 7) is 3.99. The van der Waals surface area contributed by atoms with E-state index in [4.69, 9.17) is 9.63 Å². The lowest BCUT2D eigenvalue weighted by atomic mass is 9.95. The zero-order valence-corrected chi connectivity index (χ0v) is 18.6. The highest BCUT2D eigenvalue weighted by Crippen LogP contribution is 2.31. The molecule has 4 rings (SSSR count). The van der Waals surface area contributed by atoms with Crippen molar-refractivity contribution in [2.24, 2.45) is 0 Å². The van der Waals surface area contributed by atoms with Gasteiger partial charge in [-0.2, -0.15) is 4.98 Å². The first kappa shape index (κ1) is 22.8. The molecule has 172 valence electrons. The van der Waals surface area contributed by atoms with Crippen molar-refractivity contribution >= 4 is 11.9 Å². The third-order valence-corrected chi connectivity index (χ3v) is 5.43. The van der Waals surface area contributed by atoms with E-state index in [0.717, 1.165) is 28.3 Å². The Morgan fingerprint density at radius 2 is 1.71 bits per heavy atom. The predicted octanol–water partition coefficient (Wildman–Crippen LogP) is 5.03. The summed E-state index contributed by atoms with van der Waals surface area (Å²) >= 11 is 0. The van der Waals surface area contributed by atoms with E-state index in [-0.39, 0.29) is 24.4 Å². The van der Waals surface area contributed by atoms with Crippen LogP contribution in [0.1, 0.15) is 27.9 Å². The van der Waals surface area contributed by atoms with Crippen molar-refractivity contribution in [1.29, 1.82) is 0 Å². The van der Waals surface area contributed by atoms with Gasteiger partial charge in [0.15, 0.2) is 0 Å². The molecule has 7 nitrogen and oxygen atoms in total. The highest BCUT2D eigenvalue weighted by Gasteiger charge is 2.17. The molecule has 0 spiro atoms. The highest BCUT2D eigenvalue weighted by molar-refractivity contribution is 5.95. The molecule has 8 heteroatoms. The Hall–Kier alpha value is -4.33. The first-order chi connectivity index (χ1) is 16.3. The van der Waals surface area contributed by atoms with Crippen LogP contribution in [0.2, 0.25) is 0 Å². The topological polar surface area (TPSA) is 105 Å². The van der Waals surface area contributed by atoms with Crippen molar-refractivity contribution in [3.8, 4) is 34.0 Å². The molecule has 1 aromatic heterocycles. The summed E-state index contributed by atoms with van der Waals surface area (Å²) in [7, 11) is 0. The summed E-state index contributed by atoms with van der Waals surface area (Å²) < 4.78 is 19.9. The van der Waals surface area contributed by atoms with E-state index in [0.29, 0.717) is 11.5 Å². The Kier molecular flexibility index (Phi) is 6.49. The van der Waals surface area contributed by atoms with Crippen molar-refractivity contribution in [2.75, 3.05) is 6.54 Å². The van der Waals surface area contributed by atoms with Crippen LogP contribution in [0, 0.1) is 19.7 Å². The molecular weight excluding hydrogens is 437 g/mol. The van der Waals surface area contributed by atoms with Crippen LogP contribution in [0.4, 0.5) is 4.39 Å². The number of carbonyl (C=O) groups is 2. The first-order valence-corrected chi connectivity index (χ1v) is 10.6.